The number of nitrogen functional groups attached to an aromatic ring is 1. The van der Waals surface area contributed by atoms with Crippen LogP contribution in [0, 0.1) is 6.92 Å². The number of nitrogens with zero attached hydrogens (tertiary/aromatic N) is 1. The fourth-order valence-electron chi connectivity index (χ4n) is 1.85. The Morgan fingerprint density at radius 3 is 2.36 bits per heavy atom. The van der Waals surface area contributed by atoms with Crippen LogP contribution >= 0.6 is 0 Å². The molecule has 1 heterocycles. The first kappa shape index (κ1) is 15.6. The van der Waals surface area contributed by atoms with Crippen LogP contribution in [0.1, 0.15) is 12.6 Å². The van der Waals surface area contributed by atoms with Crippen LogP contribution in [0.15, 0.2) is 36.4 Å². The van der Waals surface area contributed by atoms with Crippen molar-refractivity contribution < 1.29 is 14.3 Å². The summed E-state index contributed by atoms with van der Waals surface area (Å²) < 4.78 is 10.8. The Labute approximate surface area is 129 Å². The second-order valence-electron chi connectivity index (χ2n) is 4.61. The smallest absolute Gasteiger partial charge is 0.262 e. The Kier molecular flexibility index (Phi) is 5.19. The van der Waals surface area contributed by atoms with E-state index in [1.54, 1.807) is 43.3 Å². The summed E-state index contributed by atoms with van der Waals surface area (Å²) >= 11 is 0. The fraction of sp³-hybridized carbons (Fsp3) is 0.250. The molecular weight excluding hydrogens is 282 g/mol. The third-order valence-corrected chi connectivity index (χ3v) is 2.89. The Morgan fingerprint density at radius 1 is 1.14 bits per heavy atom. The highest BCUT2D eigenvalue weighted by Crippen LogP contribution is 2.18. The third-order valence-electron chi connectivity index (χ3n) is 2.89. The molecular formula is C16H19N3O3. The number of nitrogens with one attached hydrogen (secondary N) is 1. The van der Waals surface area contributed by atoms with Crippen LogP contribution in [-0.2, 0) is 4.79 Å². The van der Waals surface area contributed by atoms with E-state index < -0.39 is 0 Å². The molecule has 6 heteroatoms. The van der Waals surface area contributed by atoms with Gasteiger partial charge in [-0.25, -0.2) is 4.98 Å². The molecule has 0 aliphatic rings. The highest BCUT2D eigenvalue weighted by atomic mass is 16.5. The first-order valence-corrected chi connectivity index (χ1v) is 6.97. The lowest BCUT2D eigenvalue weighted by Crippen LogP contribution is -2.21. The molecule has 3 N–H and O–H groups in total. The van der Waals surface area contributed by atoms with Gasteiger partial charge in [-0.15, -0.1) is 0 Å². The first-order valence-electron chi connectivity index (χ1n) is 6.97. The molecule has 0 aliphatic heterocycles. The Bertz CT molecular complexity index is 642. The van der Waals surface area contributed by atoms with E-state index >= 15 is 0 Å². The van der Waals surface area contributed by atoms with Gasteiger partial charge < -0.3 is 20.5 Å². The number of benzene rings is 1. The van der Waals surface area contributed by atoms with Crippen molar-refractivity contribution in [1.29, 1.82) is 0 Å². The van der Waals surface area contributed by atoms with Crippen LogP contribution in [0.4, 0.5) is 11.5 Å². The number of rotatable bonds is 6. The zero-order chi connectivity index (χ0) is 15.9. The Hall–Kier alpha value is -2.76. The van der Waals surface area contributed by atoms with Gasteiger partial charge in [-0.2, -0.15) is 0 Å². The number of ether oxygens (including phenoxy) is 2. The van der Waals surface area contributed by atoms with E-state index in [1.807, 2.05) is 6.92 Å². The lowest BCUT2D eigenvalue weighted by atomic mass is 10.3. The molecule has 6 nitrogen and oxygen atoms in total. The van der Waals surface area contributed by atoms with E-state index in [0.29, 0.717) is 29.6 Å². The number of hydrogen-bond donors (Lipinski definition) is 2. The van der Waals surface area contributed by atoms with Gasteiger partial charge in [0.1, 0.15) is 17.3 Å². The van der Waals surface area contributed by atoms with Gasteiger partial charge in [0.05, 0.1) is 18.0 Å². The highest BCUT2D eigenvalue weighted by Gasteiger charge is 2.07. The van der Waals surface area contributed by atoms with Gasteiger partial charge in [-0.1, -0.05) is 0 Å². The van der Waals surface area contributed by atoms with E-state index in [4.69, 9.17) is 15.2 Å². The van der Waals surface area contributed by atoms with Crippen LogP contribution in [0.25, 0.3) is 0 Å². The molecule has 0 atom stereocenters. The number of pyridine rings is 1. The van der Waals surface area contributed by atoms with Gasteiger partial charge in [0.25, 0.3) is 5.91 Å². The number of nitrogens with two attached hydrogens (primary N) is 1. The summed E-state index contributed by atoms with van der Waals surface area (Å²) in [5, 5.41) is 2.73. The van der Waals surface area contributed by atoms with Crippen molar-refractivity contribution in [1.82, 2.24) is 4.98 Å². The summed E-state index contributed by atoms with van der Waals surface area (Å²) in [6.45, 7) is 4.22. The second kappa shape index (κ2) is 7.31. The maximum Gasteiger partial charge on any atom is 0.262 e. The van der Waals surface area contributed by atoms with Crippen LogP contribution in [0.2, 0.25) is 0 Å². The number of carbonyl (C=O) groups excluding carboxylic acids is 1. The van der Waals surface area contributed by atoms with Crippen molar-refractivity contribution in [3.63, 3.8) is 0 Å². The molecule has 2 aromatic rings. The molecule has 1 aromatic heterocycles. The largest absolute Gasteiger partial charge is 0.494 e. The molecule has 116 valence electrons. The molecule has 0 saturated carbocycles. The molecule has 0 aliphatic carbocycles. The van der Waals surface area contributed by atoms with Gasteiger partial charge in [0.2, 0.25) is 0 Å². The predicted octanol–water partition coefficient (Wildman–Crippen LogP) is 2.39. The van der Waals surface area contributed by atoms with E-state index in [9.17, 15) is 4.79 Å². The zero-order valence-electron chi connectivity index (χ0n) is 12.6. The number of carbonyl (C=O) groups is 1. The number of anilines is 2. The molecule has 2 rings (SSSR count). The topological polar surface area (TPSA) is 86.5 Å². The van der Waals surface area contributed by atoms with Gasteiger partial charge in [-0.3, -0.25) is 4.79 Å². The van der Waals surface area contributed by atoms with E-state index in [2.05, 4.69) is 10.3 Å². The Morgan fingerprint density at radius 2 is 1.77 bits per heavy atom. The van der Waals surface area contributed by atoms with Crippen LogP contribution in [0.3, 0.4) is 0 Å². The van der Waals surface area contributed by atoms with Gasteiger partial charge in [-0.05, 0) is 50.2 Å². The van der Waals surface area contributed by atoms with E-state index in [1.165, 1.54) is 0 Å². The minimum atomic E-state index is -0.261. The lowest BCUT2D eigenvalue weighted by molar-refractivity contribution is -0.118. The molecule has 0 radical (unpaired) electrons. The van der Waals surface area contributed by atoms with Gasteiger partial charge >= 0.3 is 0 Å². The molecule has 0 spiro atoms. The summed E-state index contributed by atoms with van der Waals surface area (Å²) in [4.78, 5) is 16.0. The number of aryl methyl sites for hydroxylation is 1. The SMILES string of the molecule is CCOc1ccc(OCC(=O)Nc2ccc(N)nc2C)cc1. The number of amides is 1. The minimum absolute atomic E-state index is 0.0855. The van der Waals surface area contributed by atoms with Crippen LogP contribution in [0.5, 0.6) is 11.5 Å². The third kappa shape index (κ3) is 4.37. The Balaban J connectivity index is 1.87. The number of aromatic nitrogens is 1. The quantitative estimate of drug-likeness (QED) is 0.855. The van der Waals surface area contributed by atoms with E-state index in [0.717, 1.165) is 5.75 Å². The first-order chi connectivity index (χ1) is 10.6. The van der Waals surface area contributed by atoms with E-state index in [-0.39, 0.29) is 12.5 Å². The lowest BCUT2D eigenvalue weighted by Gasteiger charge is -2.10. The van der Waals surface area contributed by atoms with Crippen molar-refractivity contribution in [3.8, 4) is 11.5 Å². The maximum absolute atomic E-state index is 11.9. The average Bonchev–Trinajstić information content (AvgIpc) is 2.50. The van der Waals surface area contributed by atoms with Crippen molar-refractivity contribution in [2.24, 2.45) is 0 Å². The molecule has 22 heavy (non-hydrogen) atoms. The van der Waals surface area contributed by atoms with Crippen molar-refractivity contribution in [2.75, 3.05) is 24.3 Å². The standard InChI is InChI=1S/C16H19N3O3/c1-3-21-12-4-6-13(7-5-12)22-10-16(20)19-14-8-9-15(17)18-11(14)2/h4-9H,3,10H2,1-2H3,(H2,17,18)(H,19,20). The summed E-state index contributed by atoms with van der Waals surface area (Å²) in [6.07, 6.45) is 0. The molecule has 1 amide bonds. The molecule has 0 saturated heterocycles. The van der Waals surface area contributed by atoms with Crippen molar-refractivity contribution in [3.05, 3.63) is 42.1 Å². The second-order valence-corrected chi connectivity index (χ2v) is 4.61. The maximum atomic E-state index is 11.9. The average molecular weight is 301 g/mol. The molecule has 1 aromatic carbocycles. The summed E-state index contributed by atoms with van der Waals surface area (Å²) in [7, 11) is 0. The van der Waals surface area contributed by atoms with Gasteiger partial charge in [0, 0.05) is 0 Å². The molecule has 0 fully saturated rings. The number of hydrogen-bond acceptors (Lipinski definition) is 5. The zero-order valence-corrected chi connectivity index (χ0v) is 12.6. The normalized spacial score (nSPS) is 10.1. The molecule has 0 unspecified atom stereocenters. The van der Waals surface area contributed by atoms with Crippen LogP contribution in [-0.4, -0.2) is 24.1 Å². The monoisotopic (exact) mass is 301 g/mol. The van der Waals surface area contributed by atoms with Gasteiger partial charge in [0.15, 0.2) is 6.61 Å². The fourth-order valence-corrected chi connectivity index (χ4v) is 1.85. The highest BCUT2D eigenvalue weighted by molar-refractivity contribution is 5.92. The summed E-state index contributed by atoms with van der Waals surface area (Å²) in [5.74, 6) is 1.53. The van der Waals surface area contributed by atoms with Crippen LogP contribution < -0.4 is 20.5 Å². The van der Waals surface area contributed by atoms with Crippen molar-refractivity contribution >= 4 is 17.4 Å². The predicted molar refractivity (Wildman–Crippen MR) is 85.1 cm³/mol. The molecule has 0 bridgehead atoms. The van der Waals surface area contributed by atoms with Crippen molar-refractivity contribution in [2.45, 2.75) is 13.8 Å². The summed E-state index contributed by atoms with van der Waals surface area (Å²) in [6, 6.07) is 10.5. The minimum Gasteiger partial charge on any atom is -0.494 e. The summed E-state index contributed by atoms with van der Waals surface area (Å²) in [5.41, 5.74) is 6.85.